The molecule has 2 aromatic heterocycles. The van der Waals surface area contributed by atoms with Gasteiger partial charge in [-0.05, 0) is 33.6 Å². The second-order valence-electron chi connectivity index (χ2n) is 5.58. The molecule has 1 fully saturated rings. The molecule has 5 nitrogen and oxygen atoms in total. The maximum Gasteiger partial charge on any atom is 0.265 e. The Morgan fingerprint density at radius 3 is 2.81 bits per heavy atom. The second-order valence-corrected chi connectivity index (χ2v) is 6.78. The Morgan fingerprint density at radius 2 is 2.19 bits per heavy atom. The first-order chi connectivity index (χ1) is 10.1. The minimum Gasteiger partial charge on any atom is -0.336 e. The number of hydrogen-bond donors (Lipinski definition) is 0. The van der Waals surface area contributed by atoms with E-state index < -0.39 is 0 Å². The molecule has 1 atom stereocenters. The van der Waals surface area contributed by atoms with Gasteiger partial charge in [-0.2, -0.15) is 0 Å². The van der Waals surface area contributed by atoms with Crippen LogP contribution < -0.4 is 0 Å². The molecule has 112 valence electrons. The van der Waals surface area contributed by atoms with Gasteiger partial charge in [0.2, 0.25) is 0 Å². The number of rotatable bonds is 2. The Kier molecular flexibility index (Phi) is 3.80. The number of aromatic nitrogens is 3. The number of imidazole rings is 1. The Bertz CT molecular complexity index is 660. The molecule has 1 amide bonds. The molecule has 0 saturated carbocycles. The molecule has 21 heavy (non-hydrogen) atoms. The van der Waals surface area contributed by atoms with Crippen LogP contribution in [0.25, 0.3) is 0 Å². The number of nitrogens with zero attached hydrogens (tertiary/aromatic N) is 4. The lowest BCUT2D eigenvalue weighted by atomic mass is 10.0. The molecule has 6 heteroatoms. The summed E-state index contributed by atoms with van der Waals surface area (Å²) in [5.74, 6) is 1.14. The molecular formula is C15H20N4OS. The normalized spacial score (nSPS) is 19.0. The maximum absolute atomic E-state index is 12.7. The zero-order valence-corrected chi connectivity index (χ0v) is 13.5. The summed E-state index contributed by atoms with van der Waals surface area (Å²) < 4.78 is 2.18. The third-order valence-corrected chi connectivity index (χ3v) is 5.10. The summed E-state index contributed by atoms with van der Waals surface area (Å²) in [4.78, 5) is 24.1. The second kappa shape index (κ2) is 5.60. The predicted molar refractivity (Wildman–Crippen MR) is 82.7 cm³/mol. The SMILES string of the molecule is Cc1nc(C)c(C(=O)N2CCC[C@@H](n3ccnc3C)C2)s1. The van der Waals surface area contributed by atoms with Gasteiger partial charge in [-0.3, -0.25) is 4.79 Å². The highest BCUT2D eigenvalue weighted by Crippen LogP contribution is 2.26. The maximum atomic E-state index is 12.7. The van der Waals surface area contributed by atoms with Gasteiger partial charge in [0.1, 0.15) is 10.7 Å². The van der Waals surface area contributed by atoms with E-state index in [-0.39, 0.29) is 5.91 Å². The van der Waals surface area contributed by atoms with Crippen molar-refractivity contribution >= 4 is 17.2 Å². The van der Waals surface area contributed by atoms with E-state index in [9.17, 15) is 4.79 Å². The largest absolute Gasteiger partial charge is 0.336 e. The summed E-state index contributed by atoms with van der Waals surface area (Å²) in [6.07, 6.45) is 5.97. The van der Waals surface area contributed by atoms with Gasteiger partial charge in [-0.15, -0.1) is 11.3 Å². The Balaban J connectivity index is 1.79. The molecule has 1 aliphatic heterocycles. The number of amides is 1. The number of thiazole rings is 1. The van der Waals surface area contributed by atoms with Crippen molar-refractivity contribution in [2.24, 2.45) is 0 Å². The van der Waals surface area contributed by atoms with Gasteiger partial charge in [-0.1, -0.05) is 0 Å². The molecule has 0 spiro atoms. The van der Waals surface area contributed by atoms with Crippen LogP contribution >= 0.6 is 11.3 Å². The van der Waals surface area contributed by atoms with Crippen LogP contribution in [0.15, 0.2) is 12.4 Å². The number of likely N-dealkylation sites (tertiary alicyclic amines) is 1. The lowest BCUT2D eigenvalue weighted by Gasteiger charge is -2.33. The summed E-state index contributed by atoms with van der Waals surface area (Å²) in [7, 11) is 0. The third kappa shape index (κ3) is 2.72. The van der Waals surface area contributed by atoms with Gasteiger partial charge in [0, 0.05) is 25.5 Å². The fraction of sp³-hybridized carbons (Fsp3) is 0.533. The van der Waals surface area contributed by atoms with E-state index in [0.29, 0.717) is 6.04 Å². The van der Waals surface area contributed by atoms with E-state index in [1.165, 1.54) is 11.3 Å². The lowest BCUT2D eigenvalue weighted by molar-refractivity contribution is 0.0682. The van der Waals surface area contributed by atoms with E-state index in [2.05, 4.69) is 14.5 Å². The van der Waals surface area contributed by atoms with E-state index in [0.717, 1.165) is 47.3 Å². The zero-order chi connectivity index (χ0) is 15.0. The van der Waals surface area contributed by atoms with Crippen molar-refractivity contribution < 1.29 is 4.79 Å². The highest BCUT2D eigenvalue weighted by molar-refractivity contribution is 7.13. The Labute approximate surface area is 128 Å². The van der Waals surface area contributed by atoms with Gasteiger partial charge in [0.25, 0.3) is 5.91 Å². The van der Waals surface area contributed by atoms with Gasteiger partial charge in [0.15, 0.2) is 0 Å². The lowest BCUT2D eigenvalue weighted by Crippen LogP contribution is -2.40. The molecule has 0 aromatic carbocycles. The molecule has 3 heterocycles. The van der Waals surface area contributed by atoms with Crippen molar-refractivity contribution in [3.8, 4) is 0 Å². The van der Waals surface area contributed by atoms with Crippen LogP contribution in [-0.4, -0.2) is 38.4 Å². The van der Waals surface area contributed by atoms with E-state index in [1.807, 2.05) is 38.1 Å². The van der Waals surface area contributed by atoms with Crippen molar-refractivity contribution in [1.82, 2.24) is 19.4 Å². The molecule has 1 aliphatic rings. The number of carbonyl (C=O) groups excluding carboxylic acids is 1. The molecule has 1 saturated heterocycles. The fourth-order valence-corrected chi connectivity index (χ4v) is 3.90. The molecular weight excluding hydrogens is 284 g/mol. The van der Waals surface area contributed by atoms with Crippen molar-refractivity contribution in [3.63, 3.8) is 0 Å². The third-order valence-electron chi connectivity index (χ3n) is 4.04. The van der Waals surface area contributed by atoms with Crippen molar-refractivity contribution in [1.29, 1.82) is 0 Å². The predicted octanol–water partition coefficient (Wildman–Crippen LogP) is 2.74. The van der Waals surface area contributed by atoms with Gasteiger partial charge >= 0.3 is 0 Å². The minimum absolute atomic E-state index is 0.126. The van der Waals surface area contributed by atoms with Gasteiger partial charge in [-0.25, -0.2) is 9.97 Å². The van der Waals surface area contributed by atoms with Crippen molar-refractivity contribution in [2.45, 2.75) is 39.7 Å². The number of piperidine rings is 1. The van der Waals surface area contributed by atoms with E-state index in [4.69, 9.17) is 0 Å². The fourth-order valence-electron chi connectivity index (χ4n) is 3.01. The Hall–Kier alpha value is -1.69. The first-order valence-electron chi connectivity index (χ1n) is 7.29. The van der Waals surface area contributed by atoms with Crippen molar-refractivity contribution in [2.75, 3.05) is 13.1 Å². The Morgan fingerprint density at radius 1 is 1.38 bits per heavy atom. The summed E-state index contributed by atoms with van der Waals surface area (Å²) in [5.41, 5.74) is 0.850. The van der Waals surface area contributed by atoms with E-state index in [1.54, 1.807) is 0 Å². The van der Waals surface area contributed by atoms with Crippen LogP contribution in [0.3, 0.4) is 0 Å². The summed E-state index contributed by atoms with van der Waals surface area (Å²) in [6.45, 7) is 7.46. The summed E-state index contributed by atoms with van der Waals surface area (Å²) in [6, 6.07) is 0.333. The summed E-state index contributed by atoms with van der Waals surface area (Å²) in [5, 5.41) is 0.954. The monoisotopic (exact) mass is 304 g/mol. The first kappa shape index (κ1) is 14.3. The standard InChI is InChI=1S/C15H20N4OS/c1-10-14(21-12(3)17-10)15(20)18-7-4-5-13(9-18)19-8-6-16-11(19)2/h6,8,13H,4-5,7,9H2,1-3H3/t13-/m1/s1. The van der Waals surface area contributed by atoms with Gasteiger partial charge in [0.05, 0.1) is 16.7 Å². The average Bonchev–Trinajstić information content (AvgIpc) is 3.03. The van der Waals surface area contributed by atoms with Crippen molar-refractivity contribution in [3.05, 3.63) is 33.8 Å². The molecule has 3 rings (SSSR count). The quantitative estimate of drug-likeness (QED) is 0.857. The minimum atomic E-state index is 0.126. The topological polar surface area (TPSA) is 51.0 Å². The van der Waals surface area contributed by atoms with Crippen LogP contribution in [0.1, 0.15) is 45.1 Å². The van der Waals surface area contributed by atoms with Gasteiger partial charge < -0.3 is 9.47 Å². The number of aryl methyl sites for hydroxylation is 3. The van der Waals surface area contributed by atoms with Crippen LogP contribution in [0.5, 0.6) is 0 Å². The smallest absolute Gasteiger partial charge is 0.265 e. The highest BCUT2D eigenvalue weighted by atomic mass is 32.1. The molecule has 2 aromatic rings. The van der Waals surface area contributed by atoms with Crippen LogP contribution in [0, 0.1) is 20.8 Å². The number of carbonyl (C=O) groups is 1. The highest BCUT2D eigenvalue weighted by Gasteiger charge is 2.28. The van der Waals surface area contributed by atoms with Crippen LogP contribution in [-0.2, 0) is 0 Å². The van der Waals surface area contributed by atoms with Crippen LogP contribution in [0.2, 0.25) is 0 Å². The zero-order valence-electron chi connectivity index (χ0n) is 12.7. The molecule has 0 unspecified atom stereocenters. The molecule has 0 N–H and O–H groups in total. The average molecular weight is 304 g/mol. The molecule has 0 aliphatic carbocycles. The van der Waals surface area contributed by atoms with Crippen LogP contribution in [0.4, 0.5) is 0 Å². The first-order valence-corrected chi connectivity index (χ1v) is 8.10. The number of hydrogen-bond acceptors (Lipinski definition) is 4. The molecule has 0 radical (unpaired) electrons. The van der Waals surface area contributed by atoms with E-state index >= 15 is 0 Å². The summed E-state index contributed by atoms with van der Waals surface area (Å²) >= 11 is 1.50. The molecule has 0 bridgehead atoms.